The summed E-state index contributed by atoms with van der Waals surface area (Å²) in [5, 5.41) is 7.58. The number of hydrogen-bond donors (Lipinski definition) is 1. The van der Waals surface area contributed by atoms with Crippen molar-refractivity contribution < 1.29 is 0 Å². The first kappa shape index (κ1) is 12.7. The van der Waals surface area contributed by atoms with Crippen LogP contribution in [0.5, 0.6) is 0 Å². The zero-order chi connectivity index (χ0) is 12.8. The Morgan fingerprint density at radius 1 is 1.39 bits per heavy atom. The number of nitrogens with one attached hydrogen (secondary N) is 1. The molecule has 2 aromatic rings. The van der Waals surface area contributed by atoms with Crippen molar-refractivity contribution in [3.63, 3.8) is 0 Å². The predicted octanol–water partition coefficient (Wildman–Crippen LogP) is 1.20. The molecule has 0 saturated heterocycles. The van der Waals surface area contributed by atoms with Gasteiger partial charge < -0.3 is 5.32 Å². The van der Waals surface area contributed by atoms with Gasteiger partial charge in [-0.2, -0.15) is 5.10 Å². The van der Waals surface area contributed by atoms with E-state index in [4.69, 9.17) is 0 Å². The van der Waals surface area contributed by atoms with Gasteiger partial charge in [0.05, 0.1) is 6.54 Å². The molecule has 0 fully saturated rings. The van der Waals surface area contributed by atoms with E-state index < -0.39 is 0 Å². The lowest BCUT2D eigenvalue weighted by Gasteiger charge is -2.14. The maximum Gasteiger partial charge on any atom is 0.137 e. The summed E-state index contributed by atoms with van der Waals surface area (Å²) in [5.41, 5.74) is 2.61. The van der Waals surface area contributed by atoms with Gasteiger partial charge in [-0.1, -0.05) is 0 Å². The summed E-state index contributed by atoms with van der Waals surface area (Å²) in [6.45, 7) is 6.05. The molecule has 2 aromatic heterocycles. The van der Waals surface area contributed by atoms with Crippen molar-refractivity contribution in [2.75, 3.05) is 6.54 Å². The Labute approximate surface area is 107 Å². The van der Waals surface area contributed by atoms with Gasteiger partial charge in [0, 0.05) is 18.4 Å². The van der Waals surface area contributed by atoms with E-state index in [1.54, 1.807) is 12.7 Å². The SMILES string of the molecule is Cc1cnccc1CCNC(C)Cn1cncn1. The van der Waals surface area contributed by atoms with Crippen LogP contribution in [-0.4, -0.2) is 32.3 Å². The average Bonchev–Trinajstić information content (AvgIpc) is 2.84. The highest BCUT2D eigenvalue weighted by molar-refractivity contribution is 5.21. The van der Waals surface area contributed by atoms with E-state index in [0.717, 1.165) is 19.5 Å². The lowest BCUT2D eigenvalue weighted by molar-refractivity contribution is 0.453. The van der Waals surface area contributed by atoms with Crippen LogP contribution < -0.4 is 5.32 Å². The highest BCUT2D eigenvalue weighted by Gasteiger charge is 2.03. The fourth-order valence-electron chi connectivity index (χ4n) is 1.91. The van der Waals surface area contributed by atoms with Crippen LogP contribution in [0.2, 0.25) is 0 Å². The highest BCUT2D eigenvalue weighted by Crippen LogP contribution is 2.05. The molecule has 0 aromatic carbocycles. The highest BCUT2D eigenvalue weighted by atomic mass is 15.3. The zero-order valence-electron chi connectivity index (χ0n) is 10.9. The topological polar surface area (TPSA) is 55.6 Å². The average molecular weight is 245 g/mol. The Balaban J connectivity index is 1.74. The fraction of sp³-hybridized carbons (Fsp3) is 0.462. The Bertz CT molecular complexity index is 466. The van der Waals surface area contributed by atoms with Crippen LogP contribution in [0.25, 0.3) is 0 Å². The van der Waals surface area contributed by atoms with E-state index in [2.05, 4.69) is 40.3 Å². The minimum Gasteiger partial charge on any atom is -0.312 e. The van der Waals surface area contributed by atoms with Gasteiger partial charge in [-0.25, -0.2) is 4.98 Å². The van der Waals surface area contributed by atoms with Crippen LogP contribution >= 0.6 is 0 Å². The molecule has 96 valence electrons. The van der Waals surface area contributed by atoms with Gasteiger partial charge in [-0.3, -0.25) is 9.67 Å². The van der Waals surface area contributed by atoms with Gasteiger partial charge in [-0.05, 0) is 44.0 Å². The zero-order valence-corrected chi connectivity index (χ0v) is 10.9. The molecule has 1 unspecified atom stereocenters. The maximum atomic E-state index is 4.10. The molecule has 0 aliphatic rings. The van der Waals surface area contributed by atoms with Crippen LogP contribution in [0.4, 0.5) is 0 Å². The molecule has 0 saturated carbocycles. The quantitative estimate of drug-likeness (QED) is 0.831. The normalized spacial score (nSPS) is 12.6. The molecule has 5 heteroatoms. The summed E-state index contributed by atoms with van der Waals surface area (Å²) in [6, 6.07) is 2.47. The Morgan fingerprint density at radius 2 is 2.28 bits per heavy atom. The first-order valence-electron chi connectivity index (χ1n) is 6.21. The number of aryl methyl sites for hydroxylation is 1. The Hall–Kier alpha value is -1.75. The van der Waals surface area contributed by atoms with Crippen LogP contribution in [-0.2, 0) is 13.0 Å². The lowest BCUT2D eigenvalue weighted by Crippen LogP contribution is -2.32. The van der Waals surface area contributed by atoms with Gasteiger partial charge in [0.2, 0.25) is 0 Å². The molecule has 2 heterocycles. The molecule has 0 aliphatic carbocycles. The number of rotatable bonds is 6. The van der Waals surface area contributed by atoms with Gasteiger partial charge >= 0.3 is 0 Å². The number of pyridine rings is 1. The molecule has 0 bridgehead atoms. The Morgan fingerprint density at radius 3 is 3.00 bits per heavy atom. The molecule has 0 amide bonds. The second-order valence-electron chi connectivity index (χ2n) is 4.52. The third-order valence-electron chi connectivity index (χ3n) is 2.95. The molecule has 1 N–H and O–H groups in total. The van der Waals surface area contributed by atoms with Crippen molar-refractivity contribution in [2.45, 2.75) is 32.9 Å². The predicted molar refractivity (Wildman–Crippen MR) is 70.2 cm³/mol. The first-order chi connectivity index (χ1) is 8.75. The molecule has 0 aliphatic heterocycles. The molecule has 5 nitrogen and oxygen atoms in total. The summed E-state index contributed by atoms with van der Waals surface area (Å²) in [6.07, 6.45) is 8.09. The molecule has 0 radical (unpaired) electrons. The van der Waals surface area contributed by atoms with E-state index in [1.165, 1.54) is 11.1 Å². The number of hydrogen-bond acceptors (Lipinski definition) is 4. The summed E-state index contributed by atoms with van der Waals surface area (Å²) in [5.74, 6) is 0. The summed E-state index contributed by atoms with van der Waals surface area (Å²) in [7, 11) is 0. The summed E-state index contributed by atoms with van der Waals surface area (Å²) >= 11 is 0. The number of nitrogens with zero attached hydrogens (tertiary/aromatic N) is 4. The lowest BCUT2D eigenvalue weighted by atomic mass is 10.1. The largest absolute Gasteiger partial charge is 0.312 e. The molecule has 18 heavy (non-hydrogen) atoms. The van der Waals surface area contributed by atoms with Crippen molar-refractivity contribution in [3.05, 3.63) is 42.2 Å². The molecular formula is C13H19N5. The summed E-state index contributed by atoms with van der Waals surface area (Å²) < 4.78 is 1.84. The van der Waals surface area contributed by atoms with E-state index in [-0.39, 0.29) is 0 Å². The minimum absolute atomic E-state index is 0.383. The van der Waals surface area contributed by atoms with Gasteiger partial charge in [0.15, 0.2) is 0 Å². The minimum atomic E-state index is 0.383. The van der Waals surface area contributed by atoms with Crippen molar-refractivity contribution in [1.82, 2.24) is 25.1 Å². The first-order valence-corrected chi connectivity index (χ1v) is 6.21. The maximum absolute atomic E-state index is 4.10. The van der Waals surface area contributed by atoms with Gasteiger partial charge in [0.25, 0.3) is 0 Å². The van der Waals surface area contributed by atoms with E-state index >= 15 is 0 Å². The van der Waals surface area contributed by atoms with E-state index in [9.17, 15) is 0 Å². The molecule has 2 rings (SSSR count). The second-order valence-corrected chi connectivity index (χ2v) is 4.52. The third kappa shape index (κ3) is 3.63. The standard InChI is InChI=1S/C13H19N5/c1-11-7-14-5-3-13(11)4-6-16-12(2)8-18-10-15-9-17-18/h3,5,7,9-10,12,16H,4,6,8H2,1-2H3. The fourth-order valence-corrected chi connectivity index (χ4v) is 1.91. The van der Waals surface area contributed by atoms with Gasteiger partial charge in [0.1, 0.15) is 12.7 Å². The Kier molecular flexibility index (Phi) is 4.41. The molecule has 1 atom stereocenters. The molecular weight excluding hydrogens is 226 g/mol. The van der Waals surface area contributed by atoms with Crippen LogP contribution in [0.15, 0.2) is 31.1 Å². The van der Waals surface area contributed by atoms with E-state index in [1.807, 2.05) is 17.1 Å². The van der Waals surface area contributed by atoms with Crippen molar-refractivity contribution in [3.8, 4) is 0 Å². The number of aromatic nitrogens is 4. The molecule has 0 spiro atoms. The summed E-state index contributed by atoms with van der Waals surface area (Å²) in [4.78, 5) is 8.03. The van der Waals surface area contributed by atoms with Crippen molar-refractivity contribution in [1.29, 1.82) is 0 Å². The van der Waals surface area contributed by atoms with Crippen molar-refractivity contribution in [2.24, 2.45) is 0 Å². The van der Waals surface area contributed by atoms with Crippen molar-refractivity contribution >= 4 is 0 Å². The van der Waals surface area contributed by atoms with Crippen LogP contribution in [0, 0.1) is 6.92 Å². The smallest absolute Gasteiger partial charge is 0.137 e. The third-order valence-corrected chi connectivity index (χ3v) is 2.95. The second kappa shape index (κ2) is 6.26. The van der Waals surface area contributed by atoms with Gasteiger partial charge in [-0.15, -0.1) is 0 Å². The van der Waals surface area contributed by atoms with Crippen LogP contribution in [0.3, 0.4) is 0 Å². The van der Waals surface area contributed by atoms with Crippen LogP contribution in [0.1, 0.15) is 18.1 Å². The monoisotopic (exact) mass is 245 g/mol. The van der Waals surface area contributed by atoms with E-state index in [0.29, 0.717) is 6.04 Å².